The van der Waals surface area contributed by atoms with Gasteiger partial charge in [-0.05, 0) is 45.4 Å². The predicted octanol–water partition coefficient (Wildman–Crippen LogP) is 2.87. The van der Waals surface area contributed by atoms with Gasteiger partial charge in [-0.1, -0.05) is 18.2 Å². The molecule has 6 heteroatoms. The molecule has 1 aliphatic carbocycles. The molecule has 0 bridgehead atoms. The number of aliphatic hydroxyl groups excluding tert-OH is 1. The van der Waals surface area contributed by atoms with Gasteiger partial charge in [0, 0.05) is 18.0 Å². The molecule has 25 heavy (non-hydrogen) atoms. The maximum absolute atomic E-state index is 12.4. The van der Waals surface area contributed by atoms with Gasteiger partial charge in [0.2, 0.25) is 5.91 Å². The fraction of sp³-hybridized carbons (Fsp3) is 0.474. The van der Waals surface area contributed by atoms with Crippen molar-refractivity contribution in [3.63, 3.8) is 0 Å². The standard InChI is InChI=1S/C19H23NO5/c1-19(2,3)25-18(23)20-14-11-16(24-13-7-5-4-6-8-13)15(21)9-12(14)10-17(20)22/h4-8,11-12,15-16,21H,9-10H2,1-3H3/t12-,15-,16+/m0/s1. The minimum absolute atomic E-state index is 0.189. The van der Waals surface area contributed by atoms with Crippen molar-refractivity contribution in [1.29, 1.82) is 0 Å². The Labute approximate surface area is 147 Å². The number of carbonyl (C=O) groups excluding carboxylic acids is 2. The number of amides is 2. The summed E-state index contributed by atoms with van der Waals surface area (Å²) in [6.45, 7) is 5.26. The average molecular weight is 345 g/mol. The van der Waals surface area contributed by atoms with E-state index in [1.165, 1.54) is 0 Å². The summed E-state index contributed by atoms with van der Waals surface area (Å²) in [5.41, 5.74) is -0.130. The van der Waals surface area contributed by atoms with Crippen LogP contribution in [0.15, 0.2) is 42.1 Å². The summed E-state index contributed by atoms with van der Waals surface area (Å²) in [7, 11) is 0. The predicted molar refractivity (Wildman–Crippen MR) is 90.8 cm³/mol. The van der Waals surface area contributed by atoms with Crippen molar-refractivity contribution in [3.8, 4) is 5.75 Å². The molecule has 2 aliphatic rings. The second-order valence-corrected chi connectivity index (χ2v) is 7.40. The molecule has 0 radical (unpaired) electrons. The van der Waals surface area contributed by atoms with Crippen LogP contribution in [0.4, 0.5) is 4.79 Å². The third kappa shape index (κ3) is 3.85. The van der Waals surface area contributed by atoms with E-state index < -0.39 is 23.9 Å². The van der Waals surface area contributed by atoms with Gasteiger partial charge in [-0.25, -0.2) is 9.69 Å². The minimum atomic E-state index is -0.736. The number of fused-ring (bicyclic) bond motifs is 1. The highest BCUT2D eigenvalue weighted by molar-refractivity contribution is 5.97. The number of benzene rings is 1. The van der Waals surface area contributed by atoms with Gasteiger partial charge in [-0.2, -0.15) is 0 Å². The van der Waals surface area contributed by atoms with Crippen molar-refractivity contribution in [2.24, 2.45) is 5.92 Å². The number of rotatable bonds is 2. The molecule has 0 aromatic heterocycles. The molecular formula is C19H23NO5. The van der Waals surface area contributed by atoms with Crippen molar-refractivity contribution in [2.75, 3.05) is 0 Å². The Hall–Kier alpha value is -2.34. The van der Waals surface area contributed by atoms with E-state index in [4.69, 9.17) is 9.47 Å². The monoisotopic (exact) mass is 345 g/mol. The van der Waals surface area contributed by atoms with Gasteiger partial charge in [-0.15, -0.1) is 0 Å². The fourth-order valence-corrected chi connectivity index (χ4v) is 3.14. The molecule has 0 saturated carbocycles. The second kappa shape index (κ2) is 6.52. The van der Waals surface area contributed by atoms with Crippen LogP contribution in [0.1, 0.15) is 33.6 Å². The largest absolute Gasteiger partial charge is 0.484 e. The molecule has 1 saturated heterocycles. The third-order valence-corrected chi connectivity index (χ3v) is 4.18. The summed E-state index contributed by atoms with van der Waals surface area (Å²) >= 11 is 0. The van der Waals surface area contributed by atoms with Gasteiger partial charge in [0.1, 0.15) is 17.5 Å². The molecule has 0 spiro atoms. The maximum Gasteiger partial charge on any atom is 0.421 e. The Morgan fingerprint density at radius 1 is 1.24 bits per heavy atom. The van der Waals surface area contributed by atoms with Gasteiger partial charge in [0.15, 0.2) is 0 Å². The minimum Gasteiger partial charge on any atom is -0.484 e. The first-order valence-corrected chi connectivity index (χ1v) is 8.42. The number of para-hydroxylation sites is 1. The number of imide groups is 1. The van der Waals surface area contributed by atoms with Crippen LogP contribution in [0.25, 0.3) is 0 Å². The van der Waals surface area contributed by atoms with Crippen LogP contribution in [-0.2, 0) is 9.53 Å². The van der Waals surface area contributed by atoms with E-state index in [9.17, 15) is 14.7 Å². The zero-order valence-electron chi connectivity index (χ0n) is 14.6. The van der Waals surface area contributed by atoms with Crippen molar-refractivity contribution in [1.82, 2.24) is 4.90 Å². The van der Waals surface area contributed by atoms with Crippen LogP contribution in [0.2, 0.25) is 0 Å². The topological polar surface area (TPSA) is 76.1 Å². The van der Waals surface area contributed by atoms with Crippen LogP contribution >= 0.6 is 0 Å². The van der Waals surface area contributed by atoms with Crippen molar-refractivity contribution in [3.05, 3.63) is 42.1 Å². The van der Waals surface area contributed by atoms with Crippen LogP contribution in [0.5, 0.6) is 5.75 Å². The van der Waals surface area contributed by atoms with E-state index >= 15 is 0 Å². The number of likely N-dealkylation sites (tertiary alicyclic amines) is 1. The van der Waals surface area contributed by atoms with Gasteiger partial charge < -0.3 is 14.6 Å². The Morgan fingerprint density at radius 3 is 2.56 bits per heavy atom. The highest BCUT2D eigenvalue weighted by Crippen LogP contribution is 2.38. The van der Waals surface area contributed by atoms with Crippen molar-refractivity contribution < 1.29 is 24.2 Å². The van der Waals surface area contributed by atoms with E-state index in [1.54, 1.807) is 39.0 Å². The molecule has 1 fully saturated rings. The van der Waals surface area contributed by atoms with E-state index in [1.807, 2.05) is 18.2 Å². The molecule has 3 rings (SSSR count). The molecule has 1 aromatic rings. The summed E-state index contributed by atoms with van der Waals surface area (Å²) in [6, 6.07) is 9.14. The number of hydrogen-bond donors (Lipinski definition) is 1. The number of nitrogens with zero attached hydrogens (tertiary/aromatic N) is 1. The lowest BCUT2D eigenvalue weighted by atomic mass is 9.88. The summed E-state index contributed by atoms with van der Waals surface area (Å²) in [6.07, 6.45) is 0.195. The Morgan fingerprint density at radius 2 is 1.92 bits per heavy atom. The normalized spacial score (nSPS) is 26.1. The van der Waals surface area contributed by atoms with E-state index in [0.29, 0.717) is 17.9 Å². The molecule has 2 amide bonds. The van der Waals surface area contributed by atoms with Crippen LogP contribution < -0.4 is 4.74 Å². The molecule has 3 atom stereocenters. The molecule has 134 valence electrons. The summed E-state index contributed by atoms with van der Waals surface area (Å²) in [5.74, 6) is 0.124. The molecule has 1 N–H and O–H groups in total. The Kier molecular flexibility index (Phi) is 4.56. The molecular weight excluding hydrogens is 322 g/mol. The second-order valence-electron chi connectivity index (χ2n) is 7.40. The van der Waals surface area contributed by atoms with Crippen molar-refractivity contribution >= 4 is 12.0 Å². The zero-order valence-corrected chi connectivity index (χ0v) is 14.6. The number of carbonyl (C=O) groups is 2. The number of ether oxygens (including phenoxy) is 2. The molecule has 0 unspecified atom stereocenters. The maximum atomic E-state index is 12.4. The van der Waals surface area contributed by atoms with Gasteiger partial charge in [0.05, 0.1) is 6.10 Å². The van der Waals surface area contributed by atoms with E-state index in [2.05, 4.69) is 0 Å². The van der Waals surface area contributed by atoms with Crippen LogP contribution in [0.3, 0.4) is 0 Å². The average Bonchev–Trinajstić information content (AvgIpc) is 2.82. The summed E-state index contributed by atoms with van der Waals surface area (Å²) < 4.78 is 11.2. The molecule has 1 aliphatic heterocycles. The Balaban J connectivity index is 1.84. The first kappa shape index (κ1) is 17.5. The van der Waals surface area contributed by atoms with Gasteiger partial charge >= 0.3 is 6.09 Å². The summed E-state index contributed by atoms with van der Waals surface area (Å²) in [4.78, 5) is 25.8. The lowest BCUT2D eigenvalue weighted by molar-refractivity contribution is -0.126. The molecule has 1 aromatic carbocycles. The van der Waals surface area contributed by atoms with E-state index in [-0.39, 0.29) is 18.2 Å². The lowest BCUT2D eigenvalue weighted by Crippen LogP contribution is -2.40. The molecule has 6 nitrogen and oxygen atoms in total. The zero-order chi connectivity index (χ0) is 18.2. The Bertz CT molecular complexity index is 692. The highest BCUT2D eigenvalue weighted by atomic mass is 16.6. The lowest BCUT2D eigenvalue weighted by Gasteiger charge is -2.31. The van der Waals surface area contributed by atoms with Crippen LogP contribution in [0, 0.1) is 5.92 Å². The van der Waals surface area contributed by atoms with Crippen molar-refractivity contribution in [2.45, 2.75) is 51.4 Å². The fourth-order valence-electron chi connectivity index (χ4n) is 3.14. The molecule has 1 heterocycles. The third-order valence-electron chi connectivity index (χ3n) is 4.18. The number of hydrogen-bond acceptors (Lipinski definition) is 5. The number of allylic oxidation sites excluding steroid dienone is 1. The van der Waals surface area contributed by atoms with Gasteiger partial charge in [0.25, 0.3) is 0 Å². The number of aliphatic hydroxyl groups is 1. The first-order chi connectivity index (χ1) is 11.7. The van der Waals surface area contributed by atoms with E-state index in [0.717, 1.165) is 4.90 Å². The SMILES string of the molecule is CC(C)(C)OC(=O)N1C(=O)C[C@@H]2C[C@H](O)[C@H](Oc3ccccc3)C=C21. The smallest absolute Gasteiger partial charge is 0.421 e. The quantitative estimate of drug-likeness (QED) is 0.892. The highest BCUT2D eigenvalue weighted by Gasteiger charge is 2.45. The van der Waals surface area contributed by atoms with Gasteiger partial charge in [-0.3, -0.25) is 4.79 Å². The van der Waals surface area contributed by atoms with Crippen LogP contribution in [-0.4, -0.2) is 39.8 Å². The first-order valence-electron chi connectivity index (χ1n) is 8.42. The summed E-state index contributed by atoms with van der Waals surface area (Å²) in [5, 5.41) is 10.4.